The zero-order valence-electron chi connectivity index (χ0n) is 11.4. The second kappa shape index (κ2) is 6.07. The summed E-state index contributed by atoms with van der Waals surface area (Å²) in [4.78, 5) is 12.0. The molecule has 0 amide bonds. The van der Waals surface area contributed by atoms with E-state index in [1.165, 1.54) is 6.92 Å². The van der Waals surface area contributed by atoms with Crippen LogP contribution in [0.3, 0.4) is 0 Å². The van der Waals surface area contributed by atoms with E-state index in [-0.39, 0.29) is 6.07 Å². The van der Waals surface area contributed by atoms with E-state index in [0.29, 0.717) is 25.0 Å². The van der Waals surface area contributed by atoms with Crippen molar-refractivity contribution in [2.24, 2.45) is 5.92 Å². The first-order valence-electron chi connectivity index (χ1n) is 6.30. The Morgan fingerprint density at radius 3 is 1.76 bits per heavy atom. The third-order valence-corrected chi connectivity index (χ3v) is 3.04. The molecule has 0 N–H and O–H groups in total. The van der Waals surface area contributed by atoms with Gasteiger partial charge in [-0.2, -0.15) is 26.3 Å². The van der Waals surface area contributed by atoms with Crippen molar-refractivity contribution >= 4 is 5.78 Å². The molecule has 0 aliphatic rings. The SMILES string of the molecule is CCCC(C)C(=O)c1cc(C(F)(F)F)cc(C(F)(F)F)c1. The molecule has 1 nitrogen and oxygen atoms in total. The van der Waals surface area contributed by atoms with Gasteiger partial charge in [0.15, 0.2) is 5.78 Å². The van der Waals surface area contributed by atoms with Gasteiger partial charge in [-0.3, -0.25) is 4.79 Å². The van der Waals surface area contributed by atoms with Gasteiger partial charge in [0.2, 0.25) is 0 Å². The topological polar surface area (TPSA) is 17.1 Å². The first kappa shape index (κ1) is 17.5. The van der Waals surface area contributed by atoms with Gasteiger partial charge in [0.1, 0.15) is 0 Å². The molecular formula is C14H14F6O. The first-order valence-corrected chi connectivity index (χ1v) is 6.30. The largest absolute Gasteiger partial charge is 0.416 e. The molecule has 0 spiro atoms. The molecule has 118 valence electrons. The summed E-state index contributed by atoms with van der Waals surface area (Å²) in [6.07, 6.45) is -8.87. The number of carbonyl (C=O) groups is 1. The summed E-state index contributed by atoms with van der Waals surface area (Å²) in [7, 11) is 0. The maximum absolute atomic E-state index is 12.7. The first-order chi connectivity index (χ1) is 9.46. The second-order valence-electron chi connectivity index (χ2n) is 4.85. The highest BCUT2D eigenvalue weighted by Gasteiger charge is 2.37. The lowest BCUT2D eigenvalue weighted by Crippen LogP contribution is -2.16. The van der Waals surface area contributed by atoms with Crippen molar-refractivity contribution in [3.05, 3.63) is 34.9 Å². The van der Waals surface area contributed by atoms with E-state index in [0.717, 1.165) is 0 Å². The summed E-state index contributed by atoms with van der Waals surface area (Å²) in [6.45, 7) is 3.26. The number of hydrogen-bond acceptors (Lipinski definition) is 1. The summed E-state index contributed by atoms with van der Waals surface area (Å²) < 4.78 is 76.0. The Morgan fingerprint density at radius 1 is 1.00 bits per heavy atom. The summed E-state index contributed by atoms with van der Waals surface area (Å²) in [5.74, 6) is -1.34. The molecule has 7 heteroatoms. The number of carbonyl (C=O) groups excluding carboxylic acids is 1. The molecule has 0 aliphatic heterocycles. The van der Waals surface area contributed by atoms with Crippen LogP contribution in [0.1, 0.15) is 48.2 Å². The smallest absolute Gasteiger partial charge is 0.294 e. The minimum absolute atomic E-state index is 0.0151. The molecule has 1 aromatic rings. The molecule has 0 fully saturated rings. The zero-order chi connectivity index (χ0) is 16.4. The molecule has 1 rings (SSSR count). The quantitative estimate of drug-likeness (QED) is 0.541. The Bertz CT molecular complexity index is 483. The molecule has 0 saturated heterocycles. The molecule has 0 aromatic heterocycles. The Balaban J connectivity index is 3.36. The van der Waals surface area contributed by atoms with Crippen molar-refractivity contribution in [3.8, 4) is 0 Å². The van der Waals surface area contributed by atoms with Crippen LogP contribution in [0, 0.1) is 5.92 Å². The fourth-order valence-corrected chi connectivity index (χ4v) is 1.95. The van der Waals surface area contributed by atoms with E-state index in [1.54, 1.807) is 6.92 Å². The molecule has 0 bridgehead atoms. The number of alkyl halides is 6. The van der Waals surface area contributed by atoms with Gasteiger partial charge >= 0.3 is 12.4 Å². The highest BCUT2D eigenvalue weighted by Crippen LogP contribution is 2.36. The molecular weight excluding hydrogens is 298 g/mol. The third-order valence-electron chi connectivity index (χ3n) is 3.04. The summed E-state index contributed by atoms with van der Waals surface area (Å²) in [5.41, 5.74) is -3.49. The second-order valence-corrected chi connectivity index (χ2v) is 4.85. The van der Waals surface area contributed by atoms with E-state index in [2.05, 4.69) is 0 Å². The number of halogens is 6. The Hall–Kier alpha value is -1.53. The van der Waals surface area contributed by atoms with Gasteiger partial charge in [0, 0.05) is 11.5 Å². The lowest BCUT2D eigenvalue weighted by atomic mass is 9.93. The minimum atomic E-state index is -4.94. The van der Waals surface area contributed by atoms with Gasteiger partial charge in [-0.25, -0.2) is 0 Å². The lowest BCUT2D eigenvalue weighted by Gasteiger charge is -2.15. The van der Waals surface area contributed by atoms with Crippen molar-refractivity contribution in [1.82, 2.24) is 0 Å². The maximum atomic E-state index is 12.7. The van der Waals surface area contributed by atoms with Crippen molar-refractivity contribution in [1.29, 1.82) is 0 Å². The summed E-state index contributed by atoms with van der Waals surface area (Å²) in [5, 5.41) is 0. The normalized spacial score (nSPS) is 14.1. The molecule has 0 heterocycles. The van der Waals surface area contributed by atoms with Crippen LogP contribution in [0.4, 0.5) is 26.3 Å². The highest BCUT2D eigenvalue weighted by atomic mass is 19.4. The van der Waals surface area contributed by atoms with Gasteiger partial charge in [-0.1, -0.05) is 20.3 Å². The zero-order valence-corrected chi connectivity index (χ0v) is 11.4. The van der Waals surface area contributed by atoms with Gasteiger partial charge in [-0.05, 0) is 24.6 Å². The summed E-state index contributed by atoms with van der Waals surface area (Å²) in [6, 6.07) is 0.967. The van der Waals surface area contributed by atoms with Crippen molar-refractivity contribution < 1.29 is 31.1 Å². The van der Waals surface area contributed by atoms with Gasteiger partial charge in [-0.15, -0.1) is 0 Å². The fraction of sp³-hybridized carbons (Fsp3) is 0.500. The molecule has 0 radical (unpaired) electrons. The van der Waals surface area contributed by atoms with Crippen molar-refractivity contribution in [2.75, 3.05) is 0 Å². The minimum Gasteiger partial charge on any atom is -0.294 e. The Morgan fingerprint density at radius 2 is 1.43 bits per heavy atom. The predicted molar refractivity (Wildman–Crippen MR) is 64.8 cm³/mol. The van der Waals surface area contributed by atoms with Crippen LogP contribution in [0.15, 0.2) is 18.2 Å². The van der Waals surface area contributed by atoms with Crippen LogP contribution in [0.5, 0.6) is 0 Å². The Labute approximate surface area is 118 Å². The van der Waals surface area contributed by atoms with E-state index in [4.69, 9.17) is 0 Å². The molecule has 1 atom stereocenters. The molecule has 21 heavy (non-hydrogen) atoms. The number of ketones is 1. The average Bonchev–Trinajstić information content (AvgIpc) is 2.35. The van der Waals surface area contributed by atoms with Crippen LogP contribution in [0.25, 0.3) is 0 Å². The monoisotopic (exact) mass is 312 g/mol. The van der Waals surface area contributed by atoms with Crippen LogP contribution in [-0.2, 0) is 12.4 Å². The number of benzene rings is 1. The van der Waals surface area contributed by atoms with Crippen LogP contribution in [-0.4, -0.2) is 5.78 Å². The maximum Gasteiger partial charge on any atom is 0.416 e. The molecule has 0 aliphatic carbocycles. The van der Waals surface area contributed by atoms with Crippen LogP contribution >= 0.6 is 0 Å². The van der Waals surface area contributed by atoms with E-state index >= 15 is 0 Å². The number of hydrogen-bond donors (Lipinski definition) is 0. The van der Waals surface area contributed by atoms with Crippen LogP contribution < -0.4 is 0 Å². The Kier molecular flexibility index (Phi) is 5.07. The molecule has 1 aromatic carbocycles. The average molecular weight is 312 g/mol. The molecule has 0 saturated carbocycles. The fourth-order valence-electron chi connectivity index (χ4n) is 1.95. The number of rotatable bonds is 4. The van der Waals surface area contributed by atoms with Crippen molar-refractivity contribution in [3.63, 3.8) is 0 Å². The lowest BCUT2D eigenvalue weighted by molar-refractivity contribution is -0.143. The standard InChI is InChI=1S/C14H14F6O/c1-3-4-8(2)12(21)9-5-10(13(15,16)17)7-11(6-9)14(18,19)20/h5-8H,3-4H2,1-2H3. The number of Topliss-reactive ketones (excluding diaryl/α,β-unsaturated/α-hetero) is 1. The van der Waals surface area contributed by atoms with E-state index in [9.17, 15) is 31.1 Å². The highest BCUT2D eigenvalue weighted by molar-refractivity contribution is 5.98. The van der Waals surface area contributed by atoms with E-state index < -0.39 is 40.7 Å². The van der Waals surface area contributed by atoms with E-state index in [1.807, 2.05) is 0 Å². The van der Waals surface area contributed by atoms with Gasteiger partial charge in [0.05, 0.1) is 11.1 Å². The molecule has 1 unspecified atom stereocenters. The van der Waals surface area contributed by atoms with Crippen LogP contribution in [0.2, 0.25) is 0 Å². The van der Waals surface area contributed by atoms with Gasteiger partial charge < -0.3 is 0 Å². The van der Waals surface area contributed by atoms with Gasteiger partial charge in [0.25, 0.3) is 0 Å². The predicted octanol–water partition coefficient (Wildman–Crippen LogP) is 5.34. The van der Waals surface area contributed by atoms with Crippen molar-refractivity contribution in [2.45, 2.75) is 39.0 Å². The summed E-state index contributed by atoms with van der Waals surface area (Å²) >= 11 is 0. The third kappa shape index (κ3) is 4.47.